The summed E-state index contributed by atoms with van der Waals surface area (Å²) in [6.45, 7) is 1.47. The fourth-order valence-electron chi connectivity index (χ4n) is 4.24. The van der Waals surface area contributed by atoms with Gasteiger partial charge in [-0.15, -0.1) is 24.8 Å². The summed E-state index contributed by atoms with van der Waals surface area (Å²) in [5.74, 6) is 1.13. The van der Waals surface area contributed by atoms with Crippen molar-refractivity contribution in [1.29, 1.82) is 0 Å². The van der Waals surface area contributed by atoms with E-state index in [0.717, 1.165) is 53.6 Å². The number of halogens is 2. The van der Waals surface area contributed by atoms with Crippen molar-refractivity contribution in [2.24, 2.45) is 0 Å². The first-order valence-electron chi connectivity index (χ1n) is 10.7. The van der Waals surface area contributed by atoms with Crippen molar-refractivity contribution in [3.63, 3.8) is 0 Å². The zero-order valence-corrected chi connectivity index (χ0v) is 20.7. The molecule has 4 heterocycles. The summed E-state index contributed by atoms with van der Waals surface area (Å²) in [6.07, 6.45) is 7.42. The summed E-state index contributed by atoms with van der Waals surface area (Å²) in [5, 5.41) is 5.63. The number of rotatable bonds is 3. The van der Waals surface area contributed by atoms with E-state index in [1.54, 1.807) is 25.2 Å². The lowest BCUT2D eigenvalue weighted by molar-refractivity contribution is 0.146. The molecule has 0 unspecified atom stereocenters. The standard InChI is InChI=1S/C24H26N6O2.2ClH/c1-28(2)24(31)29-9-7-19(8-10-29)30-15-18(14-27-30)17-11-20(23(25)26-13-17)22-12-16-5-3-4-6-21(16)32-22;;/h3-6,11-15,19H,7-10H2,1-2H3,(H2,25,26);2*1H. The molecule has 8 nitrogen and oxygen atoms in total. The van der Waals surface area contributed by atoms with Crippen LogP contribution < -0.4 is 5.73 Å². The van der Waals surface area contributed by atoms with Gasteiger partial charge in [0.05, 0.1) is 17.8 Å². The molecule has 2 N–H and O–H groups in total. The van der Waals surface area contributed by atoms with Gasteiger partial charge in [-0.1, -0.05) is 18.2 Å². The summed E-state index contributed by atoms with van der Waals surface area (Å²) in [5.41, 5.74) is 9.66. The molecule has 1 aromatic carbocycles. The second kappa shape index (κ2) is 10.4. The quantitative estimate of drug-likeness (QED) is 0.420. The van der Waals surface area contributed by atoms with Crippen LogP contribution in [0.5, 0.6) is 0 Å². The van der Waals surface area contributed by atoms with Crippen LogP contribution in [0.3, 0.4) is 0 Å². The average molecular weight is 503 g/mol. The zero-order valence-electron chi connectivity index (χ0n) is 19.0. The van der Waals surface area contributed by atoms with Crippen LogP contribution in [0.1, 0.15) is 18.9 Å². The highest BCUT2D eigenvalue weighted by Gasteiger charge is 2.25. The Morgan fingerprint density at radius 2 is 1.82 bits per heavy atom. The second-order valence-corrected chi connectivity index (χ2v) is 8.41. The summed E-state index contributed by atoms with van der Waals surface area (Å²) in [7, 11) is 3.57. The number of carbonyl (C=O) groups excluding carboxylic acids is 1. The lowest BCUT2D eigenvalue weighted by Gasteiger charge is -2.33. The van der Waals surface area contributed by atoms with Crippen molar-refractivity contribution in [2.45, 2.75) is 18.9 Å². The van der Waals surface area contributed by atoms with Gasteiger partial charge >= 0.3 is 6.03 Å². The highest BCUT2D eigenvalue weighted by Crippen LogP contribution is 2.34. The molecule has 5 rings (SSSR count). The number of para-hydroxylation sites is 1. The van der Waals surface area contributed by atoms with Crippen molar-refractivity contribution >= 4 is 47.6 Å². The van der Waals surface area contributed by atoms with E-state index < -0.39 is 0 Å². The number of pyridine rings is 1. The Labute approximate surface area is 210 Å². The van der Waals surface area contributed by atoms with E-state index in [4.69, 9.17) is 10.2 Å². The Bertz CT molecular complexity index is 1240. The average Bonchev–Trinajstić information content (AvgIpc) is 3.46. The molecule has 180 valence electrons. The number of hydrogen-bond acceptors (Lipinski definition) is 5. The van der Waals surface area contributed by atoms with Crippen LogP contribution in [0.15, 0.2) is 59.4 Å². The Balaban J connectivity index is 0.00000162. The van der Waals surface area contributed by atoms with Gasteiger partial charge in [-0.05, 0) is 31.0 Å². The third kappa shape index (κ3) is 4.83. The number of benzene rings is 1. The number of nitrogens with zero attached hydrogens (tertiary/aromatic N) is 5. The predicted octanol–water partition coefficient (Wildman–Crippen LogP) is 5.10. The van der Waals surface area contributed by atoms with Gasteiger partial charge in [-0.3, -0.25) is 4.68 Å². The summed E-state index contributed by atoms with van der Waals surface area (Å²) in [6, 6.07) is 12.2. The minimum atomic E-state index is 0. The van der Waals surface area contributed by atoms with Gasteiger partial charge in [-0.2, -0.15) is 5.10 Å². The number of nitrogen functional groups attached to an aromatic ring is 1. The highest BCUT2D eigenvalue weighted by atomic mass is 35.5. The molecule has 34 heavy (non-hydrogen) atoms. The summed E-state index contributed by atoms with van der Waals surface area (Å²) in [4.78, 5) is 20.1. The van der Waals surface area contributed by atoms with E-state index >= 15 is 0 Å². The molecule has 0 spiro atoms. The lowest BCUT2D eigenvalue weighted by atomic mass is 10.1. The van der Waals surface area contributed by atoms with Gasteiger partial charge in [0.15, 0.2) is 0 Å². The number of nitrogens with two attached hydrogens (primary N) is 1. The van der Waals surface area contributed by atoms with Crippen molar-refractivity contribution in [2.75, 3.05) is 32.9 Å². The molecule has 0 radical (unpaired) electrons. The number of fused-ring (bicyclic) bond motifs is 1. The van der Waals surface area contributed by atoms with E-state index in [9.17, 15) is 4.79 Å². The Hall–Kier alpha value is -3.23. The van der Waals surface area contributed by atoms with Gasteiger partial charge < -0.3 is 20.0 Å². The molecule has 1 aliphatic rings. The Morgan fingerprint density at radius 3 is 2.53 bits per heavy atom. The van der Waals surface area contributed by atoms with Gasteiger partial charge in [0, 0.05) is 56.1 Å². The molecule has 0 saturated carbocycles. The fourth-order valence-corrected chi connectivity index (χ4v) is 4.24. The van der Waals surface area contributed by atoms with Crippen LogP contribution in [0, 0.1) is 0 Å². The first-order chi connectivity index (χ1) is 15.5. The zero-order chi connectivity index (χ0) is 22.2. The predicted molar refractivity (Wildman–Crippen MR) is 139 cm³/mol. The fraction of sp³-hybridized carbons (Fsp3) is 0.292. The second-order valence-electron chi connectivity index (χ2n) is 8.41. The van der Waals surface area contributed by atoms with Crippen LogP contribution in [0.2, 0.25) is 0 Å². The molecular weight excluding hydrogens is 475 g/mol. The monoisotopic (exact) mass is 502 g/mol. The van der Waals surface area contributed by atoms with Gasteiger partial charge in [0.2, 0.25) is 0 Å². The van der Waals surface area contributed by atoms with Crippen LogP contribution in [0.4, 0.5) is 10.6 Å². The largest absolute Gasteiger partial charge is 0.456 e. The van der Waals surface area contributed by atoms with Crippen LogP contribution in [-0.4, -0.2) is 57.8 Å². The van der Waals surface area contributed by atoms with E-state index in [0.29, 0.717) is 11.6 Å². The third-order valence-corrected chi connectivity index (χ3v) is 6.04. The molecule has 4 aromatic rings. The molecule has 1 aliphatic heterocycles. The molecular formula is C24H28Cl2N6O2. The van der Waals surface area contributed by atoms with Crippen molar-refractivity contribution in [3.05, 3.63) is 55.0 Å². The van der Waals surface area contributed by atoms with Crippen molar-refractivity contribution in [3.8, 4) is 22.5 Å². The minimum Gasteiger partial charge on any atom is -0.456 e. The number of aromatic nitrogens is 3. The molecule has 10 heteroatoms. The van der Waals surface area contributed by atoms with Gasteiger partial charge in [-0.25, -0.2) is 9.78 Å². The number of piperidine rings is 1. The maximum atomic E-state index is 12.2. The molecule has 2 amide bonds. The highest BCUT2D eigenvalue weighted by molar-refractivity contribution is 5.86. The number of hydrogen-bond donors (Lipinski definition) is 1. The Morgan fingerprint density at radius 1 is 1.09 bits per heavy atom. The van der Waals surface area contributed by atoms with E-state index in [-0.39, 0.29) is 36.9 Å². The maximum Gasteiger partial charge on any atom is 0.319 e. The molecule has 0 aliphatic carbocycles. The van der Waals surface area contributed by atoms with Gasteiger partial charge in [0.25, 0.3) is 0 Å². The maximum absolute atomic E-state index is 12.2. The minimum absolute atomic E-state index is 0. The van der Waals surface area contributed by atoms with Crippen molar-refractivity contribution in [1.82, 2.24) is 24.6 Å². The van der Waals surface area contributed by atoms with Crippen LogP contribution in [0.25, 0.3) is 33.4 Å². The number of anilines is 1. The third-order valence-electron chi connectivity index (χ3n) is 6.04. The van der Waals surface area contributed by atoms with Gasteiger partial charge in [0.1, 0.15) is 17.2 Å². The molecule has 1 fully saturated rings. The number of likely N-dealkylation sites (tertiary alicyclic amines) is 1. The van der Waals surface area contributed by atoms with Crippen LogP contribution in [-0.2, 0) is 0 Å². The molecule has 0 atom stereocenters. The molecule has 3 aromatic heterocycles. The topological polar surface area (TPSA) is 93.4 Å². The molecule has 0 bridgehead atoms. The first kappa shape index (κ1) is 25.4. The van der Waals surface area contributed by atoms with E-state index in [1.165, 1.54) is 0 Å². The SMILES string of the molecule is CN(C)C(=O)N1CCC(n2cc(-c3cnc(N)c(-c4cc5ccccc5o4)c3)cn2)CC1.Cl.Cl. The van der Waals surface area contributed by atoms with E-state index in [1.807, 2.05) is 58.4 Å². The number of urea groups is 1. The normalized spacial score (nSPS) is 13.9. The Kier molecular flexibility index (Phi) is 7.74. The number of furan rings is 1. The molecule has 1 saturated heterocycles. The summed E-state index contributed by atoms with van der Waals surface area (Å²) < 4.78 is 8.00. The van der Waals surface area contributed by atoms with E-state index in [2.05, 4.69) is 10.1 Å². The lowest BCUT2D eigenvalue weighted by Crippen LogP contribution is -2.44. The number of amides is 2. The first-order valence-corrected chi connectivity index (χ1v) is 10.7. The van der Waals surface area contributed by atoms with Crippen LogP contribution >= 0.6 is 24.8 Å². The number of carbonyl (C=O) groups is 1. The smallest absolute Gasteiger partial charge is 0.319 e. The summed E-state index contributed by atoms with van der Waals surface area (Å²) >= 11 is 0. The van der Waals surface area contributed by atoms with Crippen molar-refractivity contribution < 1.29 is 9.21 Å².